The van der Waals surface area contributed by atoms with Gasteiger partial charge >= 0.3 is 0 Å². The summed E-state index contributed by atoms with van der Waals surface area (Å²) in [4.78, 5) is 2.36. The molecule has 31 heavy (non-hydrogen) atoms. The molecule has 4 rings (SSSR count). The van der Waals surface area contributed by atoms with Crippen molar-refractivity contribution in [2.45, 2.75) is 6.42 Å². The fraction of sp³-hybridized carbons (Fsp3) is 0.348. The summed E-state index contributed by atoms with van der Waals surface area (Å²) >= 11 is 0. The van der Waals surface area contributed by atoms with Crippen molar-refractivity contribution in [2.75, 3.05) is 52.3 Å². The first kappa shape index (κ1) is 21.0. The lowest BCUT2D eigenvalue weighted by Gasteiger charge is -2.26. The number of fused-ring (bicyclic) bond motifs is 1. The highest BCUT2D eigenvalue weighted by Gasteiger charge is 2.17. The van der Waals surface area contributed by atoms with Crippen molar-refractivity contribution in [2.24, 2.45) is 0 Å². The van der Waals surface area contributed by atoms with Gasteiger partial charge in [-0.25, -0.2) is 0 Å². The number of nitrogens with two attached hydrogens (primary N) is 1. The second-order valence-electron chi connectivity index (χ2n) is 7.35. The topological polar surface area (TPSA) is 93.1 Å². The lowest BCUT2D eigenvalue weighted by molar-refractivity contribution is -0.577. The average molecular weight is 425 g/mol. The number of anilines is 1. The summed E-state index contributed by atoms with van der Waals surface area (Å²) in [6.45, 7) is 4.94. The van der Waals surface area contributed by atoms with Crippen molar-refractivity contribution in [3.05, 3.63) is 53.9 Å². The van der Waals surface area contributed by atoms with Crippen LogP contribution in [0.4, 0.5) is 5.69 Å². The highest BCUT2D eigenvalue weighted by atomic mass is 16.5. The summed E-state index contributed by atoms with van der Waals surface area (Å²) in [6, 6.07) is 12.2. The molecule has 0 bridgehead atoms. The van der Waals surface area contributed by atoms with Crippen LogP contribution in [0.25, 0.3) is 10.9 Å². The van der Waals surface area contributed by atoms with E-state index in [1.54, 1.807) is 49.6 Å². The molecular formula is C23H27N3O5. The number of pyridine rings is 1. The third-order valence-corrected chi connectivity index (χ3v) is 5.23. The number of rotatable bonds is 8. The fourth-order valence-electron chi connectivity index (χ4n) is 3.55. The van der Waals surface area contributed by atoms with Gasteiger partial charge < -0.3 is 29.9 Å². The lowest BCUT2D eigenvalue weighted by Crippen LogP contribution is -2.37. The molecule has 0 radical (unpaired) electrons. The van der Waals surface area contributed by atoms with E-state index in [1.165, 1.54) is 6.20 Å². The van der Waals surface area contributed by atoms with Crippen LogP contribution in [0.2, 0.25) is 0 Å². The maximum Gasteiger partial charge on any atom is 0.231 e. The van der Waals surface area contributed by atoms with Crippen LogP contribution >= 0.6 is 0 Å². The first-order valence-electron chi connectivity index (χ1n) is 10.3. The zero-order valence-corrected chi connectivity index (χ0v) is 17.6. The number of morpholine rings is 1. The maximum absolute atomic E-state index is 12.4. The number of hydrogen-bond acceptors (Lipinski definition) is 7. The Bertz CT molecular complexity index is 1020. The van der Waals surface area contributed by atoms with Crippen LogP contribution in [-0.4, -0.2) is 51.5 Å². The first-order valence-corrected chi connectivity index (χ1v) is 10.3. The van der Waals surface area contributed by atoms with E-state index in [-0.39, 0.29) is 0 Å². The number of nitrogens with zero attached hydrogens (tertiary/aromatic N) is 2. The Morgan fingerprint density at radius 3 is 2.58 bits per heavy atom. The predicted octanol–water partition coefficient (Wildman–Crippen LogP) is 2.96. The van der Waals surface area contributed by atoms with Crippen LogP contribution in [0, 0.1) is 5.21 Å². The second kappa shape index (κ2) is 9.72. The van der Waals surface area contributed by atoms with Crippen LogP contribution < -0.4 is 24.7 Å². The first-order chi connectivity index (χ1) is 15.1. The van der Waals surface area contributed by atoms with Crippen LogP contribution in [0.1, 0.15) is 6.42 Å². The van der Waals surface area contributed by atoms with E-state index < -0.39 is 0 Å². The summed E-state index contributed by atoms with van der Waals surface area (Å²) in [5, 5.41) is 13.1. The molecule has 0 unspecified atom stereocenters. The quantitative estimate of drug-likeness (QED) is 0.257. The zero-order valence-electron chi connectivity index (χ0n) is 17.6. The zero-order chi connectivity index (χ0) is 21.6. The summed E-state index contributed by atoms with van der Waals surface area (Å²) in [6.07, 6.45) is 2.29. The molecule has 8 nitrogen and oxygen atoms in total. The minimum absolute atomic E-state index is 0.442. The third-order valence-electron chi connectivity index (χ3n) is 5.23. The Hall–Kier alpha value is -3.23. The Morgan fingerprint density at radius 2 is 1.84 bits per heavy atom. The fourth-order valence-corrected chi connectivity index (χ4v) is 3.55. The van der Waals surface area contributed by atoms with E-state index in [9.17, 15) is 5.21 Å². The van der Waals surface area contributed by atoms with Gasteiger partial charge in [-0.3, -0.25) is 4.90 Å². The molecule has 0 saturated carbocycles. The standard InChI is InChI=1S/C23H27N3O5/c1-28-22-15-19-20(16-23(22)30-12-2-8-25-10-13-29-14-11-25)26(27)9-7-21(19)31-18-5-3-17(24)4-6-18/h3-7,9,15-16H,2,8,10-14,24H2,1H3. The van der Waals surface area contributed by atoms with E-state index >= 15 is 0 Å². The Balaban J connectivity index is 1.52. The normalized spacial score (nSPS) is 14.5. The van der Waals surface area contributed by atoms with Gasteiger partial charge in [0, 0.05) is 37.5 Å². The van der Waals surface area contributed by atoms with Crippen molar-refractivity contribution >= 4 is 16.6 Å². The molecule has 8 heteroatoms. The molecule has 3 aromatic rings. The number of aromatic nitrogens is 1. The highest BCUT2D eigenvalue weighted by Crippen LogP contribution is 2.36. The second-order valence-corrected chi connectivity index (χ2v) is 7.35. The summed E-state index contributed by atoms with van der Waals surface area (Å²) in [5.74, 6) is 2.25. The van der Waals surface area contributed by atoms with Gasteiger partial charge in [0.1, 0.15) is 11.5 Å². The maximum atomic E-state index is 12.4. The SMILES string of the molecule is COc1cc2c(Oc3ccc(N)cc3)cc[n+]([O-])c2cc1OCCCN1CCOCC1. The van der Waals surface area contributed by atoms with Gasteiger partial charge in [0.15, 0.2) is 17.7 Å². The van der Waals surface area contributed by atoms with Crippen molar-refractivity contribution < 1.29 is 23.7 Å². The van der Waals surface area contributed by atoms with Crippen molar-refractivity contribution in [3.8, 4) is 23.0 Å². The Labute approximate surface area is 181 Å². The molecule has 1 aliphatic rings. The molecule has 2 N–H and O–H groups in total. The van der Waals surface area contributed by atoms with E-state index in [1.807, 2.05) is 0 Å². The van der Waals surface area contributed by atoms with Gasteiger partial charge in [-0.2, -0.15) is 4.73 Å². The summed E-state index contributed by atoms with van der Waals surface area (Å²) in [7, 11) is 1.58. The van der Waals surface area contributed by atoms with Crippen molar-refractivity contribution in [1.29, 1.82) is 0 Å². The van der Waals surface area contributed by atoms with Gasteiger partial charge in [0.25, 0.3) is 0 Å². The van der Waals surface area contributed by atoms with E-state index in [4.69, 9.17) is 24.7 Å². The van der Waals surface area contributed by atoms with Crippen LogP contribution in [-0.2, 0) is 4.74 Å². The van der Waals surface area contributed by atoms with Crippen molar-refractivity contribution in [1.82, 2.24) is 4.90 Å². The number of nitrogen functional groups attached to an aromatic ring is 1. The van der Waals surface area contributed by atoms with Gasteiger partial charge in [-0.1, -0.05) is 0 Å². The number of ether oxygens (including phenoxy) is 4. The largest absolute Gasteiger partial charge is 0.618 e. The third kappa shape index (κ3) is 5.10. The number of hydrogen-bond donors (Lipinski definition) is 1. The molecule has 2 heterocycles. The molecule has 0 amide bonds. The summed E-state index contributed by atoms with van der Waals surface area (Å²) < 4.78 is 23.6. The smallest absolute Gasteiger partial charge is 0.231 e. The molecule has 1 aromatic heterocycles. The Morgan fingerprint density at radius 1 is 1.06 bits per heavy atom. The van der Waals surface area contributed by atoms with Gasteiger partial charge in [-0.15, -0.1) is 0 Å². The molecule has 1 fully saturated rings. The van der Waals surface area contributed by atoms with Gasteiger partial charge in [0.05, 0.1) is 38.4 Å². The van der Waals surface area contributed by atoms with Crippen LogP contribution in [0.3, 0.4) is 0 Å². The molecule has 0 aliphatic carbocycles. The average Bonchev–Trinajstić information content (AvgIpc) is 2.80. The molecule has 1 saturated heterocycles. The van der Waals surface area contributed by atoms with Gasteiger partial charge in [-0.05, 0) is 30.7 Å². The molecule has 1 aliphatic heterocycles. The minimum atomic E-state index is 0.442. The van der Waals surface area contributed by atoms with Crippen LogP contribution in [0.15, 0.2) is 48.7 Å². The summed E-state index contributed by atoms with van der Waals surface area (Å²) in [5.41, 5.74) is 6.83. The molecule has 164 valence electrons. The Kier molecular flexibility index (Phi) is 6.59. The monoisotopic (exact) mass is 425 g/mol. The minimum Gasteiger partial charge on any atom is -0.618 e. The predicted molar refractivity (Wildman–Crippen MR) is 118 cm³/mol. The van der Waals surface area contributed by atoms with E-state index in [0.29, 0.717) is 46.2 Å². The molecular weight excluding hydrogens is 398 g/mol. The van der Waals surface area contributed by atoms with Crippen LogP contribution in [0.5, 0.6) is 23.0 Å². The lowest BCUT2D eigenvalue weighted by atomic mass is 10.1. The van der Waals surface area contributed by atoms with E-state index in [0.717, 1.165) is 44.0 Å². The molecule has 2 aromatic carbocycles. The molecule has 0 spiro atoms. The van der Waals surface area contributed by atoms with Gasteiger partial charge in [0.2, 0.25) is 5.52 Å². The number of methoxy groups -OCH3 is 1. The molecule has 0 atom stereocenters. The van der Waals surface area contributed by atoms with E-state index in [2.05, 4.69) is 4.90 Å². The van der Waals surface area contributed by atoms with Crippen molar-refractivity contribution in [3.63, 3.8) is 0 Å². The highest BCUT2D eigenvalue weighted by molar-refractivity contribution is 5.86. The number of benzene rings is 2.